The third-order valence-electron chi connectivity index (χ3n) is 6.04. The Kier molecular flexibility index (Phi) is 4.32. The van der Waals surface area contributed by atoms with Gasteiger partial charge in [-0.1, -0.05) is 60.1 Å². The lowest BCUT2D eigenvalue weighted by Crippen LogP contribution is -2.15. The molecule has 1 N–H and O–H groups in total. The summed E-state index contributed by atoms with van der Waals surface area (Å²) in [5.74, 6) is 0.779. The summed E-state index contributed by atoms with van der Waals surface area (Å²) >= 11 is 6.56. The number of nitrogens with one attached hydrogen (secondary N) is 1. The van der Waals surface area contributed by atoms with Gasteiger partial charge in [0.25, 0.3) is 0 Å². The van der Waals surface area contributed by atoms with Gasteiger partial charge in [-0.25, -0.2) is 9.97 Å². The van der Waals surface area contributed by atoms with Crippen LogP contribution in [0.25, 0.3) is 11.3 Å². The molecular formula is C26H19ClN4. The van der Waals surface area contributed by atoms with Crippen LogP contribution in [0.15, 0.2) is 77.9 Å². The highest BCUT2D eigenvalue weighted by molar-refractivity contribution is 6.31. The van der Waals surface area contributed by atoms with Gasteiger partial charge in [-0.15, -0.1) is 0 Å². The van der Waals surface area contributed by atoms with E-state index in [9.17, 15) is 0 Å². The molecule has 1 unspecified atom stereocenters. The van der Waals surface area contributed by atoms with Crippen LogP contribution in [0.2, 0.25) is 5.02 Å². The summed E-state index contributed by atoms with van der Waals surface area (Å²) in [5.41, 5.74) is 8.84. The summed E-state index contributed by atoms with van der Waals surface area (Å²) < 4.78 is 0. The molecule has 0 radical (unpaired) electrons. The summed E-state index contributed by atoms with van der Waals surface area (Å²) in [4.78, 5) is 13.9. The molecule has 2 aliphatic rings. The maximum Gasteiger partial charge on any atom is 0.227 e. The van der Waals surface area contributed by atoms with Crippen molar-refractivity contribution in [3.8, 4) is 11.3 Å². The lowest BCUT2D eigenvalue weighted by atomic mass is 9.78. The average molecular weight is 423 g/mol. The van der Waals surface area contributed by atoms with Crippen LogP contribution in [-0.2, 0) is 12.8 Å². The van der Waals surface area contributed by atoms with Crippen molar-refractivity contribution in [2.75, 3.05) is 5.32 Å². The second kappa shape index (κ2) is 7.33. The van der Waals surface area contributed by atoms with Gasteiger partial charge in [0.1, 0.15) is 0 Å². The normalized spacial score (nSPS) is 15.8. The number of hydrogen-bond donors (Lipinski definition) is 1. The SMILES string of the molecule is Clc1ccccc1C1Cc2cnc(Nc3ccc4c(c3)N=CC4)nc2-c2ccccc21. The van der Waals surface area contributed by atoms with E-state index in [1.807, 2.05) is 36.7 Å². The minimum Gasteiger partial charge on any atom is -0.324 e. The third kappa shape index (κ3) is 3.20. The number of benzene rings is 3. The Hall–Kier alpha value is -3.50. The summed E-state index contributed by atoms with van der Waals surface area (Å²) in [7, 11) is 0. The van der Waals surface area contributed by atoms with Gasteiger partial charge in [0.2, 0.25) is 5.95 Å². The van der Waals surface area contributed by atoms with Crippen LogP contribution >= 0.6 is 11.6 Å². The molecule has 2 heterocycles. The molecule has 0 saturated carbocycles. The van der Waals surface area contributed by atoms with Crippen LogP contribution in [0.3, 0.4) is 0 Å². The van der Waals surface area contributed by atoms with Crippen molar-refractivity contribution in [1.29, 1.82) is 0 Å². The van der Waals surface area contributed by atoms with Gasteiger partial charge in [-0.2, -0.15) is 0 Å². The van der Waals surface area contributed by atoms with Crippen LogP contribution in [0.1, 0.15) is 28.2 Å². The first-order valence-electron chi connectivity index (χ1n) is 10.4. The Morgan fingerprint density at radius 1 is 0.903 bits per heavy atom. The Morgan fingerprint density at radius 2 is 1.74 bits per heavy atom. The predicted molar refractivity (Wildman–Crippen MR) is 126 cm³/mol. The molecule has 150 valence electrons. The fraction of sp³-hybridized carbons (Fsp3) is 0.115. The van der Waals surface area contributed by atoms with Crippen molar-refractivity contribution >= 4 is 35.1 Å². The van der Waals surface area contributed by atoms with Gasteiger partial charge in [0.05, 0.1) is 11.4 Å². The second-order valence-electron chi connectivity index (χ2n) is 7.92. The van der Waals surface area contributed by atoms with Gasteiger partial charge in [0.15, 0.2) is 0 Å². The Bertz CT molecular complexity index is 1350. The number of rotatable bonds is 3. The van der Waals surface area contributed by atoms with E-state index in [1.165, 1.54) is 11.1 Å². The van der Waals surface area contributed by atoms with Gasteiger partial charge < -0.3 is 5.32 Å². The fourth-order valence-corrected chi connectivity index (χ4v) is 4.80. The highest BCUT2D eigenvalue weighted by Crippen LogP contribution is 2.43. The van der Waals surface area contributed by atoms with Crippen LogP contribution < -0.4 is 5.32 Å². The lowest BCUT2D eigenvalue weighted by Gasteiger charge is -2.28. The van der Waals surface area contributed by atoms with Crippen LogP contribution in [0.4, 0.5) is 17.3 Å². The van der Waals surface area contributed by atoms with Gasteiger partial charge in [-0.05, 0) is 46.9 Å². The zero-order valence-corrected chi connectivity index (χ0v) is 17.5. The number of nitrogens with zero attached hydrogens (tertiary/aromatic N) is 3. The number of hydrogen-bond acceptors (Lipinski definition) is 4. The van der Waals surface area contributed by atoms with Crippen LogP contribution in [0.5, 0.6) is 0 Å². The smallest absolute Gasteiger partial charge is 0.227 e. The molecule has 6 rings (SSSR count). The number of fused-ring (bicyclic) bond motifs is 4. The molecule has 31 heavy (non-hydrogen) atoms. The summed E-state index contributed by atoms with van der Waals surface area (Å²) in [6.07, 6.45) is 5.60. The number of aliphatic imine (C=N–C) groups is 1. The van der Waals surface area contributed by atoms with E-state index in [4.69, 9.17) is 16.6 Å². The standard InChI is InChI=1S/C26H19ClN4/c27-23-8-4-3-6-20(23)22-13-17-15-29-26(31-25(17)21-7-2-1-5-19(21)22)30-18-10-9-16-11-12-28-24(16)14-18/h1-10,12,14-15,22H,11,13H2,(H,29,30,31). The molecule has 1 aliphatic carbocycles. The second-order valence-corrected chi connectivity index (χ2v) is 8.32. The van der Waals surface area contributed by atoms with Crippen molar-refractivity contribution in [3.05, 3.63) is 100 Å². The topological polar surface area (TPSA) is 50.2 Å². The van der Waals surface area contributed by atoms with Crippen molar-refractivity contribution in [3.63, 3.8) is 0 Å². The summed E-state index contributed by atoms with van der Waals surface area (Å²) in [6.45, 7) is 0. The molecule has 4 nitrogen and oxygen atoms in total. The molecule has 0 bridgehead atoms. The zero-order valence-electron chi connectivity index (χ0n) is 16.7. The first-order chi connectivity index (χ1) is 15.3. The molecule has 0 amide bonds. The Balaban J connectivity index is 1.39. The highest BCUT2D eigenvalue weighted by Gasteiger charge is 2.28. The number of anilines is 2. The van der Waals surface area contributed by atoms with E-state index in [0.29, 0.717) is 5.95 Å². The third-order valence-corrected chi connectivity index (χ3v) is 6.39. The number of aromatic nitrogens is 2. The quantitative estimate of drug-likeness (QED) is 0.410. The lowest BCUT2D eigenvalue weighted by molar-refractivity contribution is 0.782. The van der Waals surface area contributed by atoms with Crippen molar-refractivity contribution in [1.82, 2.24) is 9.97 Å². The zero-order chi connectivity index (χ0) is 20.8. The average Bonchev–Trinajstić information content (AvgIpc) is 3.27. The van der Waals surface area contributed by atoms with Gasteiger partial charge in [0, 0.05) is 41.0 Å². The van der Waals surface area contributed by atoms with E-state index >= 15 is 0 Å². The molecule has 0 fully saturated rings. The van der Waals surface area contributed by atoms with Crippen molar-refractivity contribution in [2.24, 2.45) is 4.99 Å². The van der Waals surface area contributed by atoms with Crippen molar-refractivity contribution in [2.45, 2.75) is 18.8 Å². The Morgan fingerprint density at radius 3 is 2.65 bits per heavy atom. The van der Waals surface area contributed by atoms with E-state index in [0.717, 1.165) is 51.6 Å². The maximum absolute atomic E-state index is 6.56. The summed E-state index contributed by atoms with van der Waals surface area (Å²) in [5, 5.41) is 4.14. The minimum absolute atomic E-state index is 0.189. The minimum atomic E-state index is 0.189. The molecule has 1 aliphatic heterocycles. The van der Waals surface area contributed by atoms with Gasteiger partial charge >= 0.3 is 0 Å². The fourth-order valence-electron chi connectivity index (χ4n) is 4.54. The van der Waals surface area contributed by atoms with E-state index in [1.54, 1.807) is 0 Å². The molecule has 5 heteroatoms. The molecule has 1 atom stereocenters. The molecule has 4 aromatic rings. The molecule has 0 saturated heterocycles. The number of halogens is 1. The van der Waals surface area contributed by atoms with E-state index < -0.39 is 0 Å². The molecule has 0 spiro atoms. The predicted octanol–water partition coefficient (Wildman–Crippen LogP) is 6.49. The first kappa shape index (κ1) is 18.3. The van der Waals surface area contributed by atoms with Gasteiger partial charge in [-0.3, -0.25) is 4.99 Å². The first-order valence-corrected chi connectivity index (χ1v) is 10.8. The molecule has 1 aromatic heterocycles. The maximum atomic E-state index is 6.56. The van der Waals surface area contributed by atoms with Crippen molar-refractivity contribution < 1.29 is 0 Å². The molecule has 3 aromatic carbocycles. The van der Waals surface area contributed by atoms with Crippen LogP contribution in [0, 0.1) is 0 Å². The summed E-state index contributed by atoms with van der Waals surface area (Å²) in [6, 6.07) is 22.8. The molecular weight excluding hydrogens is 404 g/mol. The van der Waals surface area contributed by atoms with Crippen LogP contribution in [-0.4, -0.2) is 16.2 Å². The largest absolute Gasteiger partial charge is 0.324 e. The monoisotopic (exact) mass is 422 g/mol. The highest BCUT2D eigenvalue weighted by atomic mass is 35.5. The van der Waals surface area contributed by atoms with E-state index in [2.05, 4.69) is 57.8 Å². The van der Waals surface area contributed by atoms with E-state index in [-0.39, 0.29) is 5.92 Å². The Labute approximate surface area is 185 Å².